The third-order valence-electron chi connectivity index (χ3n) is 11.9. The number of allylic oxidation sites excluding steroid dienone is 4. The van der Waals surface area contributed by atoms with Gasteiger partial charge in [0.05, 0.1) is 11.0 Å². The van der Waals surface area contributed by atoms with E-state index in [1.165, 1.54) is 22.3 Å². The summed E-state index contributed by atoms with van der Waals surface area (Å²) in [6, 6.07) is 56.9. The van der Waals surface area contributed by atoms with Crippen LogP contribution < -0.4 is 4.74 Å². The van der Waals surface area contributed by atoms with E-state index in [9.17, 15) is 0 Å². The van der Waals surface area contributed by atoms with E-state index >= 15 is 0 Å². The Kier molecular flexibility index (Phi) is 6.90. The van der Waals surface area contributed by atoms with E-state index in [1.807, 2.05) is 42.5 Å². The van der Waals surface area contributed by atoms with Gasteiger partial charge in [-0.1, -0.05) is 158 Å². The average Bonchev–Trinajstić information content (AvgIpc) is 3.81. The van der Waals surface area contributed by atoms with E-state index in [1.54, 1.807) is 0 Å². The molecule has 57 heavy (non-hydrogen) atoms. The third-order valence-corrected chi connectivity index (χ3v) is 11.9. The second-order valence-corrected chi connectivity index (χ2v) is 14.9. The topological polar surface area (TPSA) is 61.0 Å². The number of furan rings is 1. The van der Waals surface area contributed by atoms with Crippen molar-refractivity contribution in [2.24, 2.45) is 0 Å². The number of rotatable bonds is 4. The molecule has 3 aliphatic rings. The van der Waals surface area contributed by atoms with Gasteiger partial charge < -0.3 is 9.15 Å². The lowest BCUT2D eigenvalue weighted by molar-refractivity contribution is 0.437. The molecule has 2 aromatic heterocycles. The second-order valence-electron chi connectivity index (χ2n) is 14.9. The summed E-state index contributed by atoms with van der Waals surface area (Å²) in [7, 11) is 0. The molecule has 12 rings (SSSR count). The van der Waals surface area contributed by atoms with Gasteiger partial charge in [0.1, 0.15) is 22.7 Å². The van der Waals surface area contributed by atoms with Crippen LogP contribution in [-0.2, 0) is 5.41 Å². The lowest BCUT2D eigenvalue weighted by atomic mass is 9.64. The van der Waals surface area contributed by atoms with Crippen LogP contribution in [0.15, 0.2) is 186 Å². The molecule has 268 valence electrons. The van der Waals surface area contributed by atoms with Gasteiger partial charge in [0.25, 0.3) is 0 Å². The zero-order valence-corrected chi connectivity index (χ0v) is 30.8. The summed E-state index contributed by atoms with van der Waals surface area (Å²) in [5.41, 5.74) is 13.5. The fraction of sp³-hybridized carbons (Fsp3) is 0.0577. The van der Waals surface area contributed by atoms with Crippen LogP contribution in [0, 0.1) is 0 Å². The van der Waals surface area contributed by atoms with E-state index < -0.39 is 5.41 Å². The maximum Gasteiger partial charge on any atom is 0.167 e. The van der Waals surface area contributed by atoms with Crippen molar-refractivity contribution in [1.82, 2.24) is 15.0 Å². The number of hydrogen-bond donors (Lipinski definition) is 0. The van der Waals surface area contributed by atoms with Gasteiger partial charge in [-0.25, -0.2) is 15.0 Å². The maximum atomic E-state index is 7.00. The Bertz CT molecular complexity index is 3160. The number of aromatic nitrogens is 3. The van der Waals surface area contributed by atoms with Crippen molar-refractivity contribution < 1.29 is 9.15 Å². The molecule has 0 N–H and O–H groups in total. The zero-order valence-electron chi connectivity index (χ0n) is 30.8. The monoisotopic (exact) mass is 731 g/mol. The molecule has 0 bridgehead atoms. The van der Waals surface area contributed by atoms with Crippen LogP contribution in [0.25, 0.3) is 72.8 Å². The highest BCUT2D eigenvalue weighted by atomic mass is 16.5. The van der Waals surface area contributed by atoms with Crippen LogP contribution in [0.5, 0.6) is 11.5 Å². The molecular formula is C52H33N3O2. The van der Waals surface area contributed by atoms with E-state index in [-0.39, 0.29) is 0 Å². The smallest absolute Gasteiger partial charge is 0.167 e. The van der Waals surface area contributed by atoms with Gasteiger partial charge in [0, 0.05) is 38.6 Å². The fourth-order valence-electron chi connectivity index (χ4n) is 9.45. The summed E-state index contributed by atoms with van der Waals surface area (Å²) in [4.78, 5) is 15.5. The highest BCUT2D eigenvalue weighted by Gasteiger charge is 2.52. The summed E-state index contributed by atoms with van der Waals surface area (Å²) in [6.45, 7) is 0. The van der Waals surface area contributed by atoms with Crippen LogP contribution in [-0.4, -0.2) is 15.0 Å². The van der Waals surface area contributed by atoms with Crippen LogP contribution in [0.3, 0.4) is 0 Å². The zero-order chi connectivity index (χ0) is 37.5. The average molecular weight is 732 g/mol. The van der Waals surface area contributed by atoms with Gasteiger partial charge in [-0.2, -0.15) is 0 Å². The third kappa shape index (κ3) is 4.66. The van der Waals surface area contributed by atoms with Crippen molar-refractivity contribution >= 4 is 27.5 Å². The number of ether oxygens (including phenoxy) is 1. The number of benzene rings is 7. The molecule has 1 aliphatic heterocycles. The minimum atomic E-state index is -0.542. The van der Waals surface area contributed by atoms with Crippen LogP contribution in [0.1, 0.15) is 35.1 Å². The molecule has 9 aromatic rings. The van der Waals surface area contributed by atoms with Crippen LogP contribution in [0.4, 0.5) is 0 Å². The van der Waals surface area contributed by atoms with Crippen LogP contribution >= 0.6 is 0 Å². The largest absolute Gasteiger partial charge is 0.456 e. The molecule has 0 amide bonds. The lowest BCUT2D eigenvalue weighted by Crippen LogP contribution is -2.33. The van der Waals surface area contributed by atoms with Gasteiger partial charge in [-0.05, 0) is 58.9 Å². The minimum Gasteiger partial charge on any atom is -0.456 e. The molecule has 2 aliphatic carbocycles. The summed E-state index contributed by atoms with van der Waals surface area (Å²) >= 11 is 0. The van der Waals surface area contributed by atoms with Crippen molar-refractivity contribution in [3.05, 3.63) is 204 Å². The number of fused-ring (bicyclic) bond motifs is 11. The number of para-hydroxylation sites is 4. The van der Waals surface area contributed by atoms with Gasteiger partial charge in [-0.3, -0.25) is 0 Å². The molecule has 7 aromatic carbocycles. The van der Waals surface area contributed by atoms with E-state index in [2.05, 4.69) is 133 Å². The molecule has 5 heteroatoms. The molecular weight excluding hydrogens is 699 g/mol. The summed E-state index contributed by atoms with van der Waals surface area (Å²) in [5.74, 6) is 3.35. The molecule has 0 saturated carbocycles. The number of nitrogens with zero attached hydrogens (tertiary/aromatic N) is 3. The van der Waals surface area contributed by atoms with E-state index in [0.29, 0.717) is 17.5 Å². The van der Waals surface area contributed by atoms with E-state index in [4.69, 9.17) is 24.1 Å². The normalized spacial score (nSPS) is 16.4. The minimum absolute atomic E-state index is 0.542. The predicted molar refractivity (Wildman–Crippen MR) is 227 cm³/mol. The Hall–Kier alpha value is -7.37. The molecule has 1 unspecified atom stereocenters. The molecule has 0 saturated heterocycles. The molecule has 3 heterocycles. The summed E-state index contributed by atoms with van der Waals surface area (Å²) < 4.78 is 13.4. The molecule has 0 fully saturated rings. The first kappa shape index (κ1) is 31.9. The first-order valence-electron chi connectivity index (χ1n) is 19.5. The first-order chi connectivity index (χ1) is 28.3. The van der Waals surface area contributed by atoms with Crippen molar-refractivity contribution in [1.29, 1.82) is 0 Å². The van der Waals surface area contributed by atoms with Crippen molar-refractivity contribution in [3.63, 3.8) is 0 Å². The van der Waals surface area contributed by atoms with Crippen LogP contribution in [0.2, 0.25) is 0 Å². The Labute approximate surface area is 329 Å². The molecule has 1 spiro atoms. The molecule has 0 radical (unpaired) electrons. The number of hydrogen-bond acceptors (Lipinski definition) is 5. The predicted octanol–water partition coefficient (Wildman–Crippen LogP) is 13.0. The van der Waals surface area contributed by atoms with Gasteiger partial charge in [0.2, 0.25) is 0 Å². The lowest BCUT2D eigenvalue weighted by Gasteiger charge is -2.41. The van der Waals surface area contributed by atoms with Gasteiger partial charge >= 0.3 is 0 Å². The van der Waals surface area contributed by atoms with E-state index in [0.717, 1.165) is 85.2 Å². The SMILES string of the molecule is C1=CC2=C(CC1)c1ccccc1C21c2ccccc2Oc2c(-c3nc(-c4ccccc4)nc(-c4ccc(-c5cccc6c5oc5ccccc56)cc4)n3)cccc21. The Morgan fingerprint density at radius 2 is 1.11 bits per heavy atom. The Balaban J connectivity index is 1.04. The van der Waals surface area contributed by atoms with Crippen molar-refractivity contribution in [2.75, 3.05) is 0 Å². The highest BCUT2D eigenvalue weighted by molar-refractivity contribution is 6.09. The van der Waals surface area contributed by atoms with Gasteiger partial charge in [-0.15, -0.1) is 0 Å². The Morgan fingerprint density at radius 3 is 1.98 bits per heavy atom. The highest BCUT2D eigenvalue weighted by Crippen LogP contribution is 2.63. The standard InChI is InChI=1S/C52H33N3O2/c1-2-14-33(15-3-1)49-53-50(34-30-28-32(29-31-34)35-19-12-20-39-38-18-6-10-26-45(38)56-47(35)39)55-51(54-49)40-21-13-25-44-48(40)57-46-27-11-9-24-43(46)52(44)41-22-7-4-16-36(41)37-17-5-8-23-42(37)52/h1-4,6-16,18-31H,5,17H2. The van der Waals surface area contributed by atoms with Crippen molar-refractivity contribution in [2.45, 2.75) is 18.3 Å². The maximum absolute atomic E-state index is 7.00. The summed E-state index contributed by atoms with van der Waals surface area (Å²) in [6.07, 6.45) is 6.71. The van der Waals surface area contributed by atoms with Crippen molar-refractivity contribution in [3.8, 4) is 56.8 Å². The second kappa shape index (κ2) is 12.3. The quantitative estimate of drug-likeness (QED) is 0.180. The first-order valence-corrected chi connectivity index (χ1v) is 19.5. The van der Waals surface area contributed by atoms with Gasteiger partial charge in [0.15, 0.2) is 17.5 Å². The molecule has 1 atom stereocenters. The molecule has 5 nitrogen and oxygen atoms in total. The Morgan fingerprint density at radius 1 is 0.474 bits per heavy atom. The summed E-state index contributed by atoms with van der Waals surface area (Å²) in [5, 5.41) is 2.22. The fourth-order valence-corrected chi connectivity index (χ4v) is 9.45.